The maximum absolute atomic E-state index is 5.39. The van der Waals surface area contributed by atoms with Crippen LogP contribution in [0.1, 0.15) is 12.5 Å². The molecule has 1 saturated heterocycles. The molecule has 2 aromatic rings. The van der Waals surface area contributed by atoms with Gasteiger partial charge in [0.2, 0.25) is 0 Å². The predicted octanol–water partition coefficient (Wildman–Crippen LogP) is 2.65. The topological polar surface area (TPSA) is 24.5 Å². The molecular formula is C18H24N2O. The smallest absolute Gasteiger partial charge is 0.0594 e. The van der Waals surface area contributed by atoms with E-state index in [0.29, 0.717) is 6.04 Å². The first-order chi connectivity index (χ1) is 10.3. The summed E-state index contributed by atoms with van der Waals surface area (Å²) >= 11 is 0. The van der Waals surface area contributed by atoms with Gasteiger partial charge in [0.25, 0.3) is 0 Å². The largest absolute Gasteiger partial charge is 0.379 e. The van der Waals surface area contributed by atoms with E-state index < -0.39 is 0 Å². The number of nitrogens with one attached hydrogen (secondary N) is 1. The Labute approximate surface area is 126 Å². The van der Waals surface area contributed by atoms with E-state index in [-0.39, 0.29) is 0 Å². The van der Waals surface area contributed by atoms with E-state index in [1.807, 2.05) is 0 Å². The molecule has 0 aliphatic carbocycles. The second-order valence-electron chi connectivity index (χ2n) is 5.88. The van der Waals surface area contributed by atoms with Crippen LogP contribution in [0.2, 0.25) is 0 Å². The number of morpholine rings is 1. The average Bonchev–Trinajstić information content (AvgIpc) is 2.54. The van der Waals surface area contributed by atoms with Crippen molar-refractivity contribution in [2.45, 2.75) is 19.5 Å². The first kappa shape index (κ1) is 14.5. The lowest BCUT2D eigenvalue weighted by Gasteiger charge is -2.29. The highest BCUT2D eigenvalue weighted by atomic mass is 16.5. The van der Waals surface area contributed by atoms with Gasteiger partial charge in [-0.05, 0) is 29.3 Å². The van der Waals surface area contributed by atoms with Crippen LogP contribution in [0.5, 0.6) is 0 Å². The van der Waals surface area contributed by atoms with E-state index in [4.69, 9.17) is 4.74 Å². The monoisotopic (exact) mass is 284 g/mol. The first-order valence-corrected chi connectivity index (χ1v) is 7.82. The second kappa shape index (κ2) is 7.03. The fourth-order valence-electron chi connectivity index (χ4n) is 2.88. The van der Waals surface area contributed by atoms with Crippen LogP contribution in [0.3, 0.4) is 0 Å². The molecule has 0 saturated carbocycles. The van der Waals surface area contributed by atoms with Crippen molar-refractivity contribution in [2.24, 2.45) is 0 Å². The molecule has 21 heavy (non-hydrogen) atoms. The van der Waals surface area contributed by atoms with Crippen molar-refractivity contribution >= 4 is 10.8 Å². The first-order valence-electron chi connectivity index (χ1n) is 7.82. The molecule has 1 aliphatic heterocycles. The molecule has 0 aromatic heterocycles. The number of ether oxygens (including phenoxy) is 1. The van der Waals surface area contributed by atoms with Gasteiger partial charge < -0.3 is 10.1 Å². The van der Waals surface area contributed by atoms with Crippen LogP contribution in [-0.2, 0) is 11.3 Å². The standard InChI is InChI=1S/C18H24N2O/c1-15(14-20-8-10-21-11-9-20)19-13-16-6-7-17-4-2-3-5-18(17)12-16/h2-7,12,15,19H,8-11,13-14H2,1H3. The van der Waals surface area contributed by atoms with E-state index in [1.165, 1.54) is 16.3 Å². The summed E-state index contributed by atoms with van der Waals surface area (Å²) in [5.41, 5.74) is 1.35. The fraction of sp³-hybridized carbons (Fsp3) is 0.444. The minimum absolute atomic E-state index is 0.495. The maximum Gasteiger partial charge on any atom is 0.0594 e. The van der Waals surface area contributed by atoms with Crippen molar-refractivity contribution in [3.8, 4) is 0 Å². The van der Waals surface area contributed by atoms with E-state index in [1.54, 1.807) is 0 Å². The van der Waals surface area contributed by atoms with Crippen LogP contribution in [-0.4, -0.2) is 43.8 Å². The molecule has 112 valence electrons. The van der Waals surface area contributed by atoms with Gasteiger partial charge in [-0.15, -0.1) is 0 Å². The molecule has 0 bridgehead atoms. The van der Waals surface area contributed by atoms with Gasteiger partial charge in [-0.2, -0.15) is 0 Å². The van der Waals surface area contributed by atoms with Crippen LogP contribution in [0.25, 0.3) is 10.8 Å². The minimum atomic E-state index is 0.495. The summed E-state index contributed by atoms with van der Waals surface area (Å²) in [4.78, 5) is 2.47. The number of nitrogens with zero attached hydrogens (tertiary/aromatic N) is 1. The van der Waals surface area contributed by atoms with Crippen molar-refractivity contribution in [3.63, 3.8) is 0 Å². The van der Waals surface area contributed by atoms with Crippen LogP contribution >= 0.6 is 0 Å². The summed E-state index contributed by atoms with van der Waals surface area (Å²) < 4.78 is 5.39. The van der Waals surface area contributed by atoms with E-state index in [2.05, 4.69) is 59.6 Å². The molecule has 0 radical (unpaired) electrons. The molecule has 3 nitrogen and oxygen atoms in total. The zero-order valence-corrected chi connectivity index (χ0v) is 12.7. The summed E-state index contributed by atoms with van der Waals surface area (Å²) in [6.45, 7) is 8.14. The third kappa shape index (κ3) is 4.03. The molecule has 1 unspecified atom stereocenters. The zero-order valence-electron chi connectivity index (χ0n) is 12.7. The van der Waals surface area contributed by atoms with E-state index in [0.717, 1.165) is 39.4 Å². The molecule has 0 amide bonds. The van der Waals surface area contributed by atoms with Crippen LogP contribution < -0.4 is 5.32 Å². The molecule has 0 spiro atoms. The van der Waals surface area contributed by atoms with Gasteiger partial charge in [0.15, 0.2) is 0 Å². The Hall–Kier alpha value is -1.42. The highest BCUT2D eigenvalue weighted by Crippen LogP contribution is 2.15. The Bertz CT molecular complexity index is 578. The number of hydrogen-bond donors (Lipinski definition) is 1. The second-order valence-corrected chi connectivity index (χ2v) is 5.88. The molecule has 3 rings (SSSR count). The Kier molecular flexibility index (Phi) is 4.86. The lowest BCUT2D eigenvalue weighted by Crippen LogP contribution is -2.44. The molecule has 1 N–H and O–H groups in total. The Morgan fingerprint density at radius 2 is 1.86 bits per heavy atom. The molecule has 3 heteroatoms. The summed E-state index contributed by atoms with van der Waals surface area (Å²) in [7, 11) is 0. The third-order valence-corrected chi connectivity index (χ3v) is 4.10. The van der Waals surface area contributed by atoms with Crippen molar-refractivity contribution < 1.29 is 4.74 Å². The van der Waals surface area contributed by atoms with Crippen LogP contribution in [0.4, 0.5) is 0 Å². The van der Waals surface area contributed by atoms with Crippen molar-refractivity contribution in [1.82, 2.24) is 10.2 Å². The lowest BCUT2D eigenvalue weighted by atomic mass is 10.1. The van der Waals surface area contributed by atoms with Crippen molar-refractivity contribution in [1.29, 1.82) is 0 Å². The number of benzene rings is 2. The molecule has 1 heterocycles. The molecule has 1 aliphatic rings. The van der Waals surface area contributed by atoms with Gasteiger partial charge >= 0.3 is 0 Å². The highest BCUT2D eigenvalue weighted by molar-refractivity contribution is 5.82. The molecule has 1 fully saturated rings. The summed E-state index contributed by atoms with van der Waals surface area (Å²) in [5.74, 6) is 0. The van der Waals surface area contributed by atoms with Gasteiger partial charge in [0, 0.05) is 32.2 Å². The SMILES string of the molecule is CC(CN1CCOCC1)NCc1ccc2ccccc2c1. The summed E-state index contributed by atoms with van der Waals surface area (Å²) in [6.07, 6.45) is 0. The fourth-order valence-corrected chi connectivity index (χ4v) is 2.88. The minimum Gasteiger partial charge on any atom is -0.379 e. The van der Waals surface area contributed by atoms with Crippen molar-refractivity contribution in [3.05, 3.63) is 48.0 Å². The Balaban J connectivity index is 1.53. The Morgan fingerprint density at radius 1 is 1.10 bits per heavy atom. The lowest BCUT2D eigenvalue weighted by molar-refractivity contribution is 0.0343. The van der Waals surface area contributed by atoms with E-state index in [9.17, 15) is 0 Å². The van der Waals surface area contributed by atoms with Gasteiger partial charge in [-0.25, -0.2) is 0 Å². The summed E-state index contributed by atoms with van der Waals surface area (Å²) in [6, 6.07) is 15.7. The molecule has 1 atom stereocenters. The van der Waals surface area contributed by atoms with Crippen LogP contribution in [0.15, 0.2) is 42.5 Å². The predicted molar refractivity (Wildman–Crippen MR) is 87.5 cm³/mol. The quantitative estimate of drug-likeness (QED) is 0.913. The average molecular weight is 284 g/mol. The highest BCUT2D eigenvalue weighted by Gasteiger charge is 2.13. The van der Waals surface area contributed by atoms with Gasteiger partial charge in [0.1, 0.15) is 0 Å². The number of rotatable bonds is 5. The van der Waals surface area contributed by atoms with Gasteiger partial charge in [-0.1, -0.05) is 36.4 Å². The van der Waals surface area contributed by atoms with Gasteiger partial charge in [-0.3, -0.25) is 4.90 Å². The third-order valence-electron chi connectivity index (χ3n) is 4.10. The molecule has 2 aromatic carbocycles. The van der Waals surface area contributed by atoms with Crippen molar-refractivity contribution in [2.75, 3.05) is 32.8 Å². The van der Waals surface area contributed by atoms with E-state index >= 15 is 0 Å². The van der Waals surface area contributed by atoms with Crippen LogP contribution in [0, 0.1) is 0 Å². The van der Waals surface area contributed by atoms with Gasteiger partial charge in [0.05, 0.1) is 13.2 Å². The maximum atomic E-state index is 5.39. The number of fused-ring (bicyclic) bond motifs is 1. The zero-order chi connectivity index (χ0) is 14.5. The number of hydrogen-bond acceptors (Lipinski definition) is 3. The molecular weight excluding hydrogens is 260 g/mol. The Morgan fingerprint density at radius 3 is 2.67 bits per heavy atom. The summed E-state index contributed by atoms with van der Waals surface area (Å²) in [5, 5.41) is 6.25. The normalized spacial score (nSPS) is 18.0.